The van der Waals surface area contributed by atoms with Gasteiger partial charge in [-0.3, -0.25) is 4.79 Å². The third kappa shape index (κ3) is 2.59. The van der Waals surface area contributed by atoms with Gasteiger partial charge in [0.05, 0.1) is 6.26 Å². The highest BCUT2D eigenvalue weighted by Gasteiger charge is 2.37. The van der Waals surface area contributed by atoms with Crippen molar-refractivity contribution in [2.75, 3.05) is 5.32 Å². The number of rotatable bonds is 3. The van der Waals surface area contributed by atoms with Crippen molar-refractivity contribution in [2.45, 2.75) is 19.0 Å². The monoisotopic (exact) mass is 337 g/mol. The van der Waals surface area contributed by atoms with Crippen molar-refractivity contribution in [2.24, 2.45) is 5.92 Å². The molecule has 1 fully saturated rings. The number of alkyl halides is 3. The Bertz CT molecular complexity index is 913. The second-order valence-corrected chi connectivity index (χ2v) is 5.41. The number of carbonyl (C=O) groups is 1. The highest BCUT2D eigenvalue weighted by atomic mass is 19.4. The molecule has 3 aromatic rings. The van der Waals surface area contributed by atoms with E-state index in [1.54, 1.807) is 6.07 Å². The van der Waals surface area contributed by atoms with Crippen molar-refractivity contribution in [3.05, 3.63) is 30.3 Å². The van der Waals surface area contributed by atoms with Crippen LogP contribution in [0.2, 0.25) is 0 Å². The van der Waals surface area contributed by atoms with E-state index < -0.39 is 12.0 Å². The first-order valence-corrected chi connectivity index (χ1v) is 7.11. The van der Waals surface area contributed by atoms with Gasteiger partial charge in [0.1, 0.15) is 5.82 Å². The maximum atomic E-state index is 12.9. The number of hydrogen-bond acceptors (Lipinski definition) is 5. The lowest BCUT2D eigenvalue weighted by Gasteiger charge is -2.06. The predicted molar refractivity (Wildman–Crippen MR) is 74.8 cm³/mol. The first kappa shape index (κ1) is 14.7. The largest absolute Gasteiger partial charge is 0.461 e. The molecule has 0 spiro atoms. The molecule has 1 aliphatic rings. The van der Waals surface area contributed by atoms with Crippen LogP contribution in [0, 0.1) is 5.92 Å². The number of carbonyl (C=O) groups excluding carboxylic acids is 1. The molecule has 0 bridgehead atoms. The van der Waals surface area contributed by atoms with Crippen molar-refractivity contribution in [1.29, 1.82) is 0 Å². The topological polar surface area (TPSA) is 85.3 Å². The van der Waals surface area contributed by atoms with Crippen LogP contribution < -0.4 is 5.32 Å². The van der Waals surface area contributed by atoms with E-state index in [0.717, 1.165) is 17.4 Å². The zero-order valence-electron chi connectivity index (χ0n) is 12.0. The predicted octanol–water partition coefficient (Wildman–Crippen LogP) is 2.75. The van der Waals surface area contributed by atoms with E-state index in [1.165, 1.54) is 18.4 Å². The summed E-state index contributed by atoms with van der Waals surface area (Å²) in [7, 11) is 0. The fourth-order valence-electron chi connectivity index (χ4n) is 2.21. The van der Waals surface area contributed by atoms with Crippen molar-refractivity contribution < 1.29 is 22.4 Å². The second-order valence-electron chi connectivity index (χ2n) is 5.41. The van der Waals surface area contributed by atoms with Gasteiger partial charge in [0.2, 0.25) is 11.7 Å². The summed E-state index contributed by atoms with van der Waals surface area (Å²) in [5.74, 6) is -1.24. The minimum Gasteiger partial charge on any atom is -0.461 e. The summed E-state index contributed by atoms with van der Waals surface area (Å²) in [6, 6.07) is 4.35. The third-order valence-electron chi connectivity index (χ3n) is 3.52. The number of anilines is 1. The average Bonchev–Trinajstić information content (AvgIpc) is 3.05. The van der Waals surface area contributed by atoms with Crippen molar-refractivity contribution in [1.82, 2.24) is 19.6 Å². The summed E-state index contributed by atoms with van der Waals surface area (Å²) in [6.45, 7) is 0. The Morgan fingerprint density at radius 1 is 1.33 bits per heavy atom. The van der Waals surface area contributed by atoms with E-state index in [2.05, 4.69) is 20.4 Å². The average molecular weight is 337 g/mol. The van der Waals surface area contributed by atoms with Crippen LogP contribution in [0.3, 0.4) is 0 Å². The SMILES string of the molecule is O=C(Nc1cc2nc(C(F)(F)F)nn2c(-c2ccco2)n1)C1CC1. The molecule has 0 unspecified atom stereocenters. The first-order chi connectivity index (χ1) is 11.4. The minimum absolute atomic E-state index is 0.0200. The fourth-order valence-corrected chi connectivity index (χ4v) is 2.21. The molecule has 0 aliphatic heterocycles. The smallest absolute Gasteiger partial charge is 0.453 e. The van der Waals surface area contributed by atoms with Gasteiger partial charge in [-0.2, -0.15) is 17.7 Å². The highest BCUT2D eigenvalue weighted by molar-refractivity contribution is 5.93. The Morgan fingerprint density at radius 3 is 2.75 bits per heavy atom. The quantitative estimate of drug-likeness (QED) is 0.794. The zero-order chi connectivity index (χ0) is 16.9. The molecule has 24 heavy (non-hydrogen) atoms. The molecule has 10 heteroatoms. The maximum Gasteiger partial charge on any atom is 0.453 e. The lowest BCUT2D eigenvalue weighted by molar-refractivity contribution is -0.144. The number of aromatic nitrogens is 4. The van der Waals surface area contributed by atoms with Crippen LogP contribution in [0.25, 0.3) is 17.2 Å². The van der Waals surface area contributed by atoms with E-state index in [4.69, 9.17) is 4.42 Å². The molecule has 4 rings (SSSR count). The van der Waals surface area contributed by atoms with E-state index >= 15 is 0 Å². The van der Waals surface area contributed by atoms with Crippen LogP contribution >= 0.6 is 0 Å². The van der Waals surface area contributed by atoms with Crippen LogP contribution in [0.4, 0.5) is 19.0 Å². The number of nitrogens with zero attached hydrogens (tertiary/aromatic N) is 4. The van der Waals surface area contributed by atoms with Crippen molar-refractivity contribution in [3.63, 3.8) is 0 Å². The van der Waals surface area contributed by atoms with E-state index in [-0.39, 0.29) is 34.9 Å². The number of amides is 1. The first-order valence-electron chi connectivity index (χ1n) is 7.11. The summed E-state index contributed by atoms with van der Waals surface area (Å²) >= 11 is 0. The zero-order valence-corrected chi connectivity index (χ0v) is 12.0. The molecule has 0 radical (unpaired) electrons. The van der Waals surface area contributed by atoms with Crippen LogP contribution in [0.15, 0.2) is 28.9 Å². The Labute approximate surface area is 132 Å². The lowest BCUT2D eigenvalue weighted by Crippen LogP contribution is -2.15. The van der Waals surface area contributed by atoms with E-state index in [1.807, 2.05) is 0 Å². The lowest BCUT2D eigenvalue weighted by atomic mass is 10.3. The molecule has 1 saturated carbocycles. The molecule has 0 atom stereocenters. The van der Waals surface area contributed by atoms with Crippen molar-refractivity contribution >= 4 is 17.4 Å². The summed E-state index contributed by atoms with van der Waals surface area (Å²) < 4.78 is 44.8. The molecule has 3 heterocycles. The van der Waals surface area contributed by atoms with Gasteiger partial charge in [-0.25, -0.2) is 9.97 Å². The van der Waals surface area contributed by atoms with Crippen LogP contribution in [0.1, 0.15) is 18.7 Å². The maximum absolute atomic E-state index is 12.9. The second kappa shape index (κ2) is 5.05. The van der Waals surface area contributed by atoms with Gasteiger partial charge in [-0.05, 0) is 25.0 Å². The van der Waals surface area contributed by atoms with E-state index in [0.29, 0.717) is 0 Å². The van der Waals surface area contributed by atoms with Gasteiger partial charge in [-0.1, -0.05) is 0 Å². The summed E-state index contributed by atoms with van der Waals surface area (Å²) in [6.07, 6.45) is -1.74. The molecule has 1 N–H and O–H groups in total. The number of halogens is 3. The molecule has 7 nitrogen and oxygen atoms in total. The summed E-state index contributed by atoms with van der Waals surface area (Å²) in [5, 5.41) is 6.05. The molecule has 3 aromatic heterocycles. The molecule has 1 amide bonds. The summed E-state index contributed by atoms with van der Waals surface area (Å²) in [4.78, 5) is 19.5. The van der Waals surface area contributed by atoms with E-state index in [9.17, 15) is 18.0 Å². The molecule has 0 saturated heterocycles. The van der Waals surface area contributed by atoms with Gasteiger partial charge < -0.3 is 9.73 Å². The molecular weight excluding hydrogens is 327 g/mol. The van der Waals surface area contributed by atoms with Gasteiger partial charge in [0, 0.05) is 12.0 Å². The van der Waals surface area contributed by atoms with Crippen LogP contribution in [0.5, 0.6) is 0 Å². The molecule has 0 aromatic carbocycles. The highest BCUT2D eigenvalue weighted by Crippen LogP contribution is 2.31. The number of hydrogen-bond donors (Lipinski definition) is 1. The molecule has 1 aliphatic carbocycles. The van der Waals surface area contributed by atoms with Gasteiger partial charge in [-0.15, -0.1) is 5.10 Å². The van der Waals surface area contributed by atoms with Gasteiger partial charge >= 0.3 is 6.18 Å². The standard InChI is InChI=1S/C14H10F3N5O2/c15-14(16,17)13-20-10-6-9(19-12(23)7-3-4-7)18-11(22(10)21-13)8-2-1-5-24-8/h1-2,5-7H,3-4H2,(H,19,23). The fraction of sp³-hybridized carbons (Fsp3) is 0.286. The number of nitrogens with one attached hydrogen (secondary N) is 1. The van der Waals surface area contributed by atoms with Crippen LogP contribution in [-0.4, -0.2) is 25.5 Å². The molecular formula is C14H10F3N5O2. The van der Waals surface area contributed by atoms with Crippen molar-refractivity contribution in [3.8, 4) is 11.6 Å². The number of furan rings is 1. The Hall–Kier alpha value is -2.91. The number of fused-ring (bicyclic) bond motifs is 1. The Kier molecular flexibility index (Phi) is 3.08. The van der Waals surface area contributed by atoms with Gasteiger partial charge in [0.15, 0.2) is 11.4 Å². The Balaban J connectivity index is 1.84. The minimum atomic E-state index is -4.69. The summed E-state index contributed by atoms with van der Waals surface area (Å²) in [5.41, 5.74) is -0.0881. The van der Waals surface area contributed by atoms with Gasteiger partial charge in [0.25, 0.3) is 5.82 Å². The van der Waals surface area contributed by atoms with Crippen LogP contribution in [-0.2, 0) is 11.0 Å². The molecule has 124 valence electrons. The Morgan fingerprint density at radius 2 is 2.12 bits per heavy atom. The third-order valence-corrected chi connectivity index (χ3v) is 3.52. The normalized spacial score (nSPS) is 15.0.